The molecule has 8 heteroatoms. The SMILES string of the molecule is Cc1ccc(C(=O)Nc2ccc(N(C)C)c(C(=O)NC(C)c3ccccc3)c2)cc1[N+](=O)[O-]. The maximum Gasteiger partial charge on any atom is 0.273 e. The van der Waals surface area contributed by atoms with Crippen LogP contribution in [0.5, 0.6) is 0 Å². The summed E-state index contributed by atoms with van der Waals surface area (Å²) in [6, 6.07) is 18.7. The Labute approximate surface area is 192 Å². The van der Waals surface area contributed by atoms with Gasteiger partial charge in [0.25, 0.3) is 17.5 Å². The zero-order chi connectivity index (χ0) is 24.1. The smallest absolute Gasteiger partial charge is 0.273 e. The van der Waals surface area contributed by atoms with Gasteiger partial charge in [-0.25, -0.2) is 0 Å². The third-order valence-corrected chi connectivity index (χ3v) is 5.30. The van der Waals surface area contributed by atoms with Gasteiger partial charge in [-0.15, -0.1) is 0 Å². The Balaban J connectivity index is 1.85. The molecule has 33 heavy (non-hydrogen) atoms. The predicted molar refractivity (Wildman–Crippen MR) is 129 cm³/mol. The molecule has 3 aromatic rings. The van der Waals surface area contributed by atoms with E-state index in [1.165, 1.54) is 18.2 Å². The average molecular weight is 447 g/mol. The van der Waals surface area contributed by atoms with E-state index in [0.717, 1.165) is 5.56 Å². The first kappa shape index (κ1) is 23.5. The molecule has 3 rings (SSSR count). The van der Waals surface area contributed by atoms with Crippen molar-refractivity contribution in [2.45, 2.75) is 19.9 Å². The van der Waals surface area contributed by atoms with Gasteiger partial charge in [-0.3, -0.25) is 19.7 Å². The minimum atomic E-state index is -0.520. The number of aryl methyl sites for hydroxylation is 1. The number of carbonyl (C=O) groups is 2. The summed E-state index contributed by atoms with van der Waals surface area (Å²) in [6.07, 6.45) is 0. The number of nitro benzene ring substituents is 1. The van der Waals surface area contributed by atoms with Crippen LogP contribution in [0.2, 0.25) is 0 Å². The quantitative estimate of drug-likeness (QED) is 0.404. The summed E-state index contributed by atoms with van der Waals surface area (Å²) >= 11 is 0. The summed E-state index contributed by atoms with van der Waals surface area (Å²) in [5.41, 5.74) is 2.98. The molecular formula is C25H26N4O4. The van der Waals surface area contributed by atoms with Crippen molar-refractivity contribution in [3.8, 4) is 0 Å². The monoisotopic (exact) mass is 446 g/mol. The van der Waals surface area contributed by atoms with E-state index in [1.54, 1.807) is 25.1 Å². The maximum absolute atomic E-state index is 13.1. The van der Waals surface area contributed by atoms with Crippen LogP contribution in [0.15, 0.2) is 66.7 Å². The molecule has 0 bridgehead atoms. The van der Waals surface area contributed by atoms with Crippen LogP contribution in [0, 0.1) is 17.0 Å². The highest BCUT2D eigenvalue weighted by Crippen LogP contribution is 2.25. The van der Waals surface area contributed by atoms with Crippen LogP contribution in [0.25, 0.3) is 0 Å². The molecule has 0 saturated heterocycles. The summed E-state index contributed by atoms with van der Waals surface area (Å²) < 4.78 is 0. The lowest BCUT2D eigenvalue weighted by molar-refractivity contribution is -0.385. The van der Waals surface area contributed by atoms with Crippen LogP contribution < -0.4 is 15.5 Å². The van der Waals surface area contributed by atoms with Gasteiger partial charge >= 0.3 is 0 Å². The fourth-order valence-electron chi connectivity index (χ4n) is 3.44. The molecule has 0 saturated carbocycles. The Kier molecular flexibility index (Phi) is 7.07. The number of rotatable bonds is 7. The largest absolute Gasteiger partial charge is 0.377 e. The van der Waals surface area contributed by atoms with Crippen molar-refractivity contribution >= 4 is 28.9 Å². The van der Waals surface area contributed by atoms with Gasteiger partial charge in [0, 0.05) is 42.7 Å². The fourth-order valence-corrected chi connectivity index (χ4v) is 3.44. The molecule has 3 aromatic carbocycles. The van der Waals surface area contributed by atoms with Gasteiger partial charge in [0.1, 0.15) is 0 Å². The van der Waals surface area contributed by atoms with Crippen LogP contribution in [0.1, 0.15) is 44.8 Å². The van der Waals surface area contributed by atoms with Crippen molar-refractivity contribution in [2.75, 3.05) is 24.3 Å². The standard InChI is InChI=1S/C25H26N4O4/c1-16-10-11-19(14-23(16)29(32)33)24(30)27-20-12-13-22(28(3)4)21(15-20)25(31)26-17(2)18-8-6-5-7-9-18/h5-15,17H,1-4H3,(H,26,31)(H,27,30). The van der Waals surface area contributed by atoms with Gasteiger partial charge < -0.3 is 15.5 Å². The Bertz CT molecular complexity index is 1190. The van der Waals surface area contributed by atoms with Crippen molar-refractivity contribution in [3.05, 3.63) is 99.1 Å². The molecule has 0 aliphatic heterocycles. The van der Waals surface area contributed by atoms with Crippen molar-refractivity contribution in [1.82, 2.24) is 5.32 Å². The highest BCUT2D eigenvalue weighted by molar-refractivity contribution is 6.06. The van der Waals surface area contributed by atoms with Crippen LogP contribution in [-0.2, 0) is 0 Å². The lowest BCUT2D eigenvalue weighted by Gasteiger charge is -2.20. The number of benzene rings is 3. The molecule has 1 unspecified atom stereocenters. The fraction of sp³-hybridized carbons (Fsp3) is 0.200. The maximum atomic E-state index is 13.1. The molecule has 2 N–H and O–H groups in total. The summed E-state index contributed by atoms with van der Waals surface area (Å²) in [4.78, 5) is 38.3. The number of nitrogens with one attached hydrogen (secondary N) is 2. The average Bonchev–Trinajstić information content (AvgIpc) is 2.79. The van der Waals surface area contributed by atoms with Crippen LogP contribution in [0.4, 0.5) is 17.1 Å². The number of carbonyl (C=O) groups excluding carboxylic acids is 2. The molecule has 0 aromatic heterocycles. The molecule has 0 aliphatic carbocycles. The highest BCUT2D eigenvalue weighted by Gasteiger charge is 2.19. The zero-order valence-electron chi connectivity index (χ0n) is 19.0. The summed E-state index contributed by atoms with van der Waals surface area (Å²) in [6.45, 7) is 3.51. The van der Waals surface area contributed by atoms with Gasteiger partial charge in [-0.1, -0.05) is 36.4 Å². The number of hydrogen-bond donors (Lipinski definition) is 2. The van der Waals surface area contributed by atoms with E-state index >= 15 is 0 Å². The molecule has 0 spiro atoms. The van der Waals surface area contributed by atoms with E-state index in [9.17, 15) is 19.7 Å². The van der Waals surface area contributed by atoms with E-state index in [2.05, 4.69) is 10.6 Å². The topological polar surface area (TPSA) is 105 Å². The Morgan fingerprint density at radius 2 is 1.67 bits per heavy atom. The molecule has 0 fully saturated rings. The molecule has 170 valence electrons. The Hall–Kier alpha value is -4.20. The molecular weight excluding hydrogens is 420 g/mol. The number of amides is 2. The third-order valence-electron chi connectivity index (χ3n) is 5.30. The van der Waals surface area contributed by atoms with E-state index < -0.39 is 10.8 Å². The number of anilines is 2. The van der Waals surface area contributed by atoms with Crippen LogP contribution >= 0.6 is 0 Å². The van der Waals surface area contributed by atoms with Gasteiger partial charge in [0.15, 0.2) is 0 Å². The predicted octanol–water partition coefficient (Wildman–Crippen LogP) is 4.71. The van der Waals surface area contributed by atoms with Crippen molar-refractivity contribution in [1.29, 1.82) is 0 Å². The first-order chi connectivity index (χ1) is 15.7. The van der Waals surface area contributed by atoms with E-state index in [1.807, 2.05) is 56.3 Å². The molecule has 8 nitrogen and oxygen atoms in total. The first-order valence-corrected chi connectivity index (χ1v) is 10.4. The minimum absolute atomic E-state index is 0.124. The van der Waals surface area contributed by atoms with Crippen molar-refractivity contribution < 1.29 is 14.5 Å². The van der Waals surface area contributed by atoms with Crippen molar-refractivity contribution in [3.63, 3.8) is 0 Å². The van der Waals surface area contributed by atoms with Crippen LogP contribution in [0.3, 0.4) is 0 Å². The van der Waals surface area contributed by atoms with E-state index in [0.29, 0.717) is 22.5 Å². The first-order valence-electron chi connectivity index (χ1n) is 10.4. The summed E-state index contributed by atoms with van der Waals surface area (Å²) in [5, 5.41) is 16.9. The van der Waals surface area contributed by atoms with Gasteiger partial charge in [-0.2, -0.15) is 0 Å². The highest BCUT2D eigenvalue weighted by atomic mass is 16.6. The second kappa shape index (κ2) is 9.95. The number of nitro groups is 1. The van der Waals surface area contributed by atoms with Gasteiger partial charge in [0.05, 0.1) is 16.5 Å². The lowest BCUT2D eigenvalue weighted by atomic mass is 10.1. The normalized spacial score (nSPS) is 11.4. The summed E-state index contributed by atoms with van der Waals surface area (Å²) in [5.74, 6) is -0.781. The van der Waals surface area contributed by atoms with Gasteiger partial charge in [-0.05, 0) is 43.7 Å². The van der Waals surface area contributed by atoms with E-state index in [4.69, 9.17) is 0 Å². The van der Waals surface area contributed by atoms with Crippen LogP contribution in [-0.4, -0.2) is 30.8 Å². The molecule has 2 amide bonds. The Morgan fingerprint density at radius 3 is 2.30 bits per heavy atom. The van der Waals surface area contributed by atoms with Gasteiger partial charge in [0.2, 0.25) is 0 Å². The zero-order valence-corrected chi connectivity index (χ0v) is 19.0. The minimum Gasteiger partial charge on any atom is -0.377 e. The molecule has 0 aliphatic rings. The molecule has 0 heterocycles. The second-order valence-corrected chi connectivity index (χ2v) is 7.94. The number of hydrogen-bond acceptors (Lipinski definition) is 5. The lowest BCUT2D eigenvalue weighted by Crippen LogP contribution is -2.28. The number of nitrogens with zero attached hydrogens (tertiary/aromatic N) is 2. The summed E-state index contributed by atoms with van der Waals surface area (Å²) in [7, 11) is 3.66. The molecule has 0 radical (unpaired) electrons. The third kappa shape index (κ3) is 5.54. The van der Waals surface area contributed by atoms with E-state index in [-0.39, 0.29) is 23.2 Å². The second-order valence-electron chi connectivity index (χ2n) is 7.94. The molecule has 1 atom stereocenters. The Morgan fingerprint density at radius 1 is 0.970 bits per heavy atom. The van der Waals surface area contributed by atoms with Crippen molar-refractivity contribution in [2.24, 2.45) is 0 Å².